The summed E-state index contributed by atoms with van der Waals surface area (Å²) in [5, 5.41) is 0.599. The highest BCUT2D eigenvalue weighted by atomic mass is 35.5. The van der Waals surface area contributed by atoms with Crippen molar-refractivity contribution >= 4 is 38.9 Å². The standard InChI is InChI=1S/C27H27ClF3N3O3S/c1-19-6-10-24(11-7-19)38(36,37)34(23-5-3-4-21(16-23)27(29,30)31)18-26(35)33-14-12-32(13-15-33)25-17-22(28)9-8-20(25)2/h3-11,16-17H,12-15,18H2,1-2H3. The van der Waals surface area contributed by atoms with Crippen molar-refractivity contribution in [3.8, 4) is 0 Å². The first kappa shape index (κ1) is 27.8. The molecule has 0 spiro atoms. The number of amides is 1. The maximum absolute atomic E-state index is 13.6. The summed E-state index contributed by atoms with van der Waals surface area (Å²) in [5.74, 6) is -0.499. The van der Waals surface area contributed by atoms with Gasteiger partial charge in [0.15, 0.2) is 0 Å². The molecule has 3 aromatic rings. The molecule has 1 aliphatic heterocycles. The summed E-state index contributed by atoms with van der Waals surface area (Å²) in [6.07, 6.45) is -4.67. The molecule has 3 aromatic carbocycles. The Morgan fingerprint density at radius 1 is 0.947 bits per heavy atom. The minimum Gasteiger partial charge on any atom is -0.368 e. The second kappa shape index (κ2) is 10.9. The minimum absolute atomic E-state index is 0.116. The fourth-order valence-electron chi connectivity index (χ4n) is 4.33. The fourth-order valence-corrected chi connectivity index (χ4v) is 5.91. The molecular weight excluding hydrogens is 539 g/mol. The highest BCUT2D eigenvalue weighted by Gasteiger charge is 2.34. The molecule has 0 saturated carbocycles. The third-order valence-corrected chi connectivity index (χ3v) is 8.52. The Morgan fingerprint density at radius 3 is 2.24 bits per heavy atom. The lowest BCUT2D eigenvalue weighted by molar-refractivity contribution is -0.137. The summed E-state index contributed by atoms with van der Waals surface area (Å²) in [7, 11) is -4.34. The number of piperazine rings is 1. The van der Waals surface area contributed by atoms with Crippen LogP contribution in [-0.4, -0.2) is 51.9 Å². The Bertz CT molecular complexity index is 1420. The molecular formula is C27H27ClF3N3O3S. The molecule has 0 unspecified atom stereocenters. The van der Waals surface area contributed by atoms with E-state index in [1.807, 2.05) is 19.1 Å². The molecule has 6 nitrogen and oxygen atoms in total. The first-order valence-corrected chi connectivity index (χ1v) is 13.7. The fraction of sp³-hybridized carbons (Fsp3) is 0.296. The number of carbonyl (C=O) groups excluding carboxylic acids is 1. The number of benzene rings is 3. The highest BCUT2D eigenvalue weighted by molar-refractivity contribution is 7.92. The maximum atomic E-state index is 13.6. The van der Waals surface area contributed by atoms with Crippen molar-refractivity contribution in [1.82, 2.24) is 4.90 Å². The second-order valence-corrected chi connectivity index (χ2v) is 11.5. The zero-order chi connectivity index (χ0) is 27.7. The van der Waals surface area contributed by atoms with Crippen molar-refractivity contribution in [3.05, 3.63) is 88.4 Å². The van der Waals surface area contributed by atoms with E-state index in [0.29, 0.717) is 31.2 Å². The van der Waals surface area contributed by atoms with Gasteiger partial charge in [-0.1, -0.05) is 41.4 Å². The number of aryl methyl sites for hydroxylation is 2. The number of hydrogen-bond donors (Lipinski definition) is 0. The van der Waals surface area contributed by atoms with Gasteiger partial charge in [-0.25, -0.2) is 8.42 Å². The number of anilines is 2. The molecule has 0 N–H and O–H groups in total. The zero-order valence-electron chi connectivity index (χ0n) is 20.9. The lowest BCUT2D eigenvalue weighted by Gasteiger charge is -2.37. The van der Waals surface area contributed by atoms with Gasteiger partial charge in [0.1, 0.15) is 6.54 Å². The van der Waals surface area contributed by atoms with Gasteiger partial charge in [-0.05, 0) is 61.9 Å². The van der Waals surface area contributed by atoms with Gasteiger partial charge in [0.05, 0.1) is 16.1 Å². The van der Waals surface area contributed by atoms with Crippen LogP contribution < -0.4 is 9.21 Å². The predicted molar refractivity (Wildman–Crippen MR) is 142 cm³/mol. The zero-order valence-corrected chi connectivity index (χ0v) is 22.4. The highest BCUT2D eigenvalue weighted by Crippen LogP contribution is 2.33. The van der Waals surface area contributed by atoms with Gasteiger partial charge in [-0.15, -0.1) is 0 Å². The smallest absolute Gasteiger partial charge is 0.368 e. The maximum Gasteiger partial charge on any atom is 0.416 e. The van der Waals surface area contributed by atoms with Crippen molar-refractivity contribution in [1.29, 1.82) is 0 Å². The predicted octanol–water partition coefficient (Wildman–Crippen LogP) is 5.52. The topological polar surface area (TPSA) is 60.9 Å². The molecule has 1 heterocycles. The van der Waals surface area contributed by atoms with E-state index in [1.165, 1.54) is 23.1 Å². The number of rotatable bonds is 6. The molecule has 0 bridgehead atoms. The summed E-state index contributed by atoms with van der Waals surface area (Å²) in [6, 6.07) is 15.5. The van der Waals surface area contributed by atoms with Crippen molar-refractivity contribution in [3.63, 3.8) is 0 Å². The van der Waals surface area contributed by atoms with Crippen LogP contribution in [0.25, 0.3) is 0 Å². The summed E-state index contributed by atoms with van der Waals surface area (Å²) in [6.45, 7) is 4.77. The van der Waals surface area contributed by atoms with Crippen molar-refractivity contribution in [2.75, 3.05) is 41.9 Å². The molecule has 0 aromatic heterocycles. The second-order valence-electron chi connectivity index (χ2n) is 9.17. The Labute approximate surface area is 225 Å². The van der Waals surface area contributed by atoms with Gasteiger partial charge >= 0.3 is 6.18 Å². The van der Waals surface area contributed by atoms with E-state index < -0.39 is 34.2 Å². The van der Waals surface area contributed by atoms with Crippen LogP contribution in [0.5, 0.6) is 0 Å². The van der Waals surface area contributed by atoms with Crippen LogP contribution in [-0.2, 0) is 21.0 Å². The lowest BCUT2D eigenvalue weighted by Crippen LogP contribution is -2.52. The first-order chi connectivity index (χ1) is 17.9. The summed E-state index contributed by atoms with van der Waals surface area (Å²) < 4.78 is 68.2. The van der Waals surface area contributed by atoms with E-state index in [9.17, 15) is 26.4 Å². The van der Waals surface area contributed by atoms with Gasteiger partial charge in [0, 0.05) is 36.9 Å². The van der Waals surface area contributed by atoms with Crippen LogP contribution in [0.3, 0.4) is 0 Å². The molecule has 4 rings (SSSR count). The van der Waals surface area contributed by atoms with Gasteiger partial charge in [0.2, 0.25) is 5.91 Å². The number of sulfonamides is 1. The number of nitrogens with zero attached hydrogens (tertiary/aromatic N) is 3. The number of halogens is 4. The first-order valence-electron chi connectivity index (χ1n) is 11.9. The van der Waals surface area contributed by atoms with Gasteiger partial charge in [0.25, 0.3) is 10.0 Å². The molecule has 0 radical (unpaired) electrons. The Balaban J connectivity index is 1.59. The SMILES string of the molecule is Cc1ccc(S(=O)(=O)N(CC(=O)N2CCN(c3cc(Cl)ccc3C)CC2)c2cccc(C(F)(F)F)c2)cc1. The van der Waals surface area contributed by atoms with Gasteiger partial charge < -0.3 is 9.80 Å². The van der Waals surface area contributed by atoms with E-state index >= 15 is 0 Å². The van der Waals surface area contributed by atoms with Crippen LogP contribution >= 0.6 is 11.6 Å². The average Bonchev–Trinajstić information content (AvgIpc) is 2.88. The molecule has 38 heavy (non-hydrogen) atoms. The van der Waals surface area contributed by atoms with Crippen LogP contribution in [0.1, 0.15) is 16.7 Å². The monoisotopic (exact) mass is 565 g/mol. The van der Waals surface area contributed by atoms with Gasteiger partial charge in [-0.2, -0.15) is 13.2 Å². The largest absolute Gasteiger partial charge is 0.416 e. The number of hydrogen-bond acceptors (Lipinski definition) is 4. The molecule has 1 aliphatic rings. The normalized spacial score (nSPS) is 14.5. The van der Waals surface area contributed by atoms with Crippen LogP contribution in [0.4, 0.5) is 24.5 Å². The molecule has 1 saturated heterocycles. The summed E-state index contributed by atoms with van der Waals surface area (Å²) >= 11 is 6.15. The lowest BCUT2D eigenvalue weighted by atomic mass is 10.1. The van der Waals surface area contributed by atoms with E-state index in [0.717, 1.165) is 39.3 Å². The summed E-state index contributed by atoms with van der Waals surface area (Å²) in [5.41, 5.74) is 1.57. The Kier molecular flexibility index (Phi) is 7.94. The molecule has 1 amide bonds. The average molecular weight is 566 g/mol. The van der Waals surface area contributed by atoms with Crippen LogP contribution in [0, 0.1) is 13.8 Å². The van der Waals surface area contributed by atoms with Crippen molar-refractivity contribution in [2.45, 2.75) is 24.9 Å². The third-order valence-electron chi connectivity index (χ3n) is 6.49. The summed E-state index contributed by atoms with van der Waals surface area (Å²) in [4.78, 5) is 16.8. The van der Waals surface area contributed by atoms with Crippen LogP contribution in [0.15, 0.2) is 71.6 Å². The van der Waals surface area contributed by atoms with E-state index in [4.69, 9.17) is 11.6 Å². The Morgan fingerprint density at radius 2 is 1.61 bits per heavy atom. The van der Waals surface area contributed by atoms with Gasteiger partial charge in [-0.3, -0.25) is 9.10 Å². The van der Waals surface area contributed by atoms with E-state index in [1.54, 1.807) is 25.1 Å². The molecule has 1 fully saturated rings. The molecule has 0 aliphatic carbocycles. The quantitative estimate of drug-likeness (QED) is 0.395. The molecule has 202 valence electrons. The number of alkyl halides is 3. The molecule has 11 heteroatoms. The van der Waals surface area contributed by atoms with E-state index in [-0.39, 0.29) is 10.6 Å². The third kappa shape index (κ3) is 6.07. The molecule has 0 atom stereocenters. The number of carbonyl (C=O) groups is 1. The van der Waals surface area contributed by atoms with E-state index in [2.05, 4.69) is 4.90 Å². The van der Waals surface area contributed by atoms with Crippen molar-refractivity contribution < 1.29 is 26.4 Å². The van der Waals surface area contributed by atoms with Crippen molar-refractivity contribution in [2.24, 2.45) is 0 Å². The van der Waals surface area contributed by atoms with Crippen LogP contribution in [0.2, 0.25) is 5.02 Å². The minimum atomic E-state index is -4.67. The Hall–Kier alpha value is -3.24.